The van der Waals surface area contributed by atoms with E-state index in [1.165, 1.54) is 5.41 Å². The van der Waals surface area contributed by atoms with Gasteiger partial charge in [0.1, 0.15) is 5.82 Å². The van der Waals surface area contributed by atoms with Gasteiger partial charge in [0.15, 0.2) is 15.7 Å². The average Bonchev–Trinajstić information content (AvgIpc) is 3.20. The summed E-state index contributed by atoms with van der Waals surface area (Å²) in [5, 5.41) is 6.03. The smallest absolute Gasteiger partial charge is 0.171 e. The molecule has 0 spiro atoms. The molecule has 132 valence electrons. The fourth-order valence-corrected chi connectivity index (χ4v) is 4.71. The Morgan fingerprint density at radius 1 is 1.28 bits per heavy atom. The van der Waals surface area contributed by atoms with Crippen molar-refractivity contribution >= 4 is 9.84 Å². The molecule has 2 aromatic rings. The summed E-state index contributed by atoms with van der Waals surface area (Å²) in [5.41, 5.74) is 0.841. The van der Waals surface area contributed by atoms with E-state index in [4.69, 9.17) is 14.8 Å². The van der Waals surface area contributed by atoms with Gasteiger partial charge in [-0.25, -0.2) is 18.1 Å². The number of hydrogen-bond donors (Lipinski definition) is 0. The fraction of sp³-hybridized carbons (Fsp3) is 0.471. The van der Waals surface area contributed by atoms with Crippen LogP contribution in [0.3, 0.4) is 0 Å². The number of sulfone groups is 1. The van der Waals surface area contributed by atoms with Gasteiger partial charge in [-0.15, -0.1) is 0 Å². The Morgan fingerprint density at radius 2 is 2.12 bits per heavy atom. The maximum Gasteiger partial charge on any atom is 0.171 e. The van der Waals surface area contributed by atoms with Crippen LogP contribution in [0.15, 0.2) is 36.0 Å². The Morgan fingerprint density at radius 3 is 2.80 bits per heavy atom. The van der Waals surface area contributed by atoms with E-state index in [0.717, 1.165) is 43.4 Å². The molecule has 0 aromatic carbocycles. The first-order valence-corrected chi connectivity index (χ1v) is 10.2. The van der Waals surface area contributed by atoms with Crippen LogP contribution in [0.2, 0.25) is 0 Å². The van der Waals surface area contributed by atoms with E-state index >= 15 is 0 Å². The van der Waals surface area contributed by atoms with E-state index in [9.17, 15) is 8.42 Å². The summed E-state index contributed by atoms with van der Waals surface area (Å²) in [6.45, 7) is 1.45. The molecule has 0 amide bonds. The number of nitrogens with zero attached hydrogens (tertiary/aromatic N) is 4. The van der Waals surface area contributed by atoms with Crippen LogP contribution in [0.4, 0.5) is 0 Å². The normalized spacial score (nSPS) is 23.1. The number of rotatable bonds is 4. The van der Waals surface area contributed by atoms with Crippen molar-refractivity contribution in [2.75, 3.05) is 19.0 Å². The van der Waals surface area contributed by atoms with E-state index in [2.05, 4.69) is 4.98 Å². The van der Waals surface area contributed by atoms with Crippen LogP contribution in [-0.4, -0.2) is 47.1 Å². The van der Waals surface area contributed by atoms with Crippen LogP contribution in [0.1, 0.15) is 30.4 Å². The second kappa shape index (κ2) is 6.68. The Bertz CT molecular complexity index is 871. The number of aromatic nitrogens is 4. The van der Waals surface area contributed by atoms with Crippen LogP contribution >= 0.6 is 0 Å². The van der Waals surface area contributed by atoms with E-state index in [-0.39, 0.29) is 17.6 Å². The molecule has 0 N–H and O–H groups in total. The lowest BCUT2D eigenvalue weighted by Crippen LogP contribution is -2.15. The zero-order valence-corrected chi connectivity index (χ0v) is 14.6. The number of allylic oxidation sites excluding steroid dienone is 1. The van der Waals surface area contributed by atoms with Gasteiger partial charge in [0.2, 0.25) is 0 Å². The molecule has 0 radical (unpaired) electrons. The molecular weight excluding hydrogens is 340 g/mol. The second-order valence-electron chi connectivity index (χ2n) is 6.52. The molecular formula is C17H20N4O3S. The molecule has 7 nitrogen and oxygen atoms in total. The minimum Gasteiger partial charge on any atom is -0.381 e. The Balaban J connectivity index is 1.66. The molecule has 1 fully saturated rings. The van der Waals surface area contributed by atoms with E-state index in [0.29, 0.717) is 6.42 Å². The molecule has 25 heavy (non-hydrogen) atoms. The van der Waals surface area contributed by atoms with Crippen LogP contribution in [0.5, 0.6) is 0 Å². The van der Waals surface area contributed by atoms with Crippen LogP contribution < -0.4 is 0 Å². The molecule has 0 aliphatic carbocycles. The highest BCUT2D eigenvalue weighted by Gasteiger charge is 2.27. The van der Waals surface area contributed by atoms with Crippen molar-refractivity contribution in [1.82, 2.24) is 19.7 Å². The lowest BCUT2D eigenvalue weighted by molar-refractivity contribution is 0.0836. The van der Waals surface area contributed by atoms with Crippen LogP contribution in [0.25, 0.3) is 5.69 Å². The van der Waals surface area contributed by atoms with Gasteiger partial charge in [0, 0.05) is 37.2 Å². The summed E-state index contributed by atoms with van der Waals surface area (Å²) in [6, 6.07) is 3.79. The summed E-state index contributed by atoms with van der Waals surface area (Å²) in [5.74, 6) is 1.95. The maximum absolute atomic E-state index is 11.7. The van der Waals surface area contributed by atoms with Crippen molar-refractivity contribution in [3.8, 4) is 5.69 Å². The van der Waals surface area contributed by atoms with Crippen molar-refractivity contribution < 1.29 is 13.2 Å². The first-order valence-electron chi connectivity index (χ1n) is 8.46. The standard InChI is InChI=1S/C17H20N4O3S/c22-25(23)9-5-13(12-25)10-16-19-17(14-3-7-24-8-4-14)20-21(16)15-2-1-6-18-11-15/h1-2,5-6,9,11,13-14H,3-4,7-8,10,12H2/t13-/m0/s1. The van der Waals surface area contributed by atoms with Crippen LogP contribution in [-0.2, 0) is 21.0 Å². The molecule has 2 aromatic heterocycles. The minimum absolute atomic E-state index is 0.0628. The zero-order chi connectivity index (χ0) is 17.3. The first-order chi connectivity index (χ1) is 12.1. The van der Waals surface area contributed by atoms with E-state index in [1.54, 1.807) is 23.2 Å². The molecule has 1 saturated heterocycles. The van der Waals surface area contributed by atoms with Crippen molar-refractivity contribution in [1.29, 1.82) is 0 Å². The Hall–Kier alpha value is -2.06. The molecule has 0 saturated carbocycles. The largest absolute Gasteiger partial charge is 0.381 e. The molecule has 1 atom stereocenters. The highest BCUT2D eigenvalue weighted by Crippen LogP contribution is 2.27. The highest BCUT2D eigenvalue weighted by molar-refractivity contribution is 7.94. The average molecular weight is 360 g/mol. The van der Waals surface area contributed by atoms with Crippen molar-refractivity contribution in [2.24, 2.45) is 5.92 Å². The van der Waals surface area contributed by atoms with Crippen molar-refractivity contribution in [3.63, 3.8) is 0 Å². The lowest BCUT2D eigenvalue weighted by atomic mass is 10.00. The number of hydrogen-bond acceptors (Lipinski definition) is 6. The lowest BCUT2D eigenvalue weighted by Gasteiger charge is -2.18. The Kier molecular flexibility index (Phi) is 4.39. The molecule has 2 aliphatic heterocycles. The van der Waals surface area contributed by atoms with Gasteiger partial charge in [-0.1, -0.05) is 6.08 Å². The summed E-state index contributed by atoms with van der Waals surface area (Å²) >= 11 is 0. The summed E-state index contributed by atoms with van der Waals surface area (Å²) in [4.78, 5) is 8.92. The van der Waals surface area contributed by atoms with Crippen molar-refractivity contribution in [2.45, 2.75) is 25.2 Å². The monoisotopic (exact) mass is 360 g/mol. The minimum atomic E-state index is -3.07. The summed E-state index contributed by atoms with van der Waals surface area (Å²) in [6.07, 6.45) is 7.58. The summed E-state index contributed by atoms with van der Waals surface area (Å²) in [7, 11) is -3.07. The van der Waals surface area contributed by atoms with Gasteiger partial charge in [-0.2, -0.15) is 5.10 Å². The third-order valence-corrected chi connectivity index (χ3v) is 6.08. The third kappa shape index (κ3) is 3.64. The molecule has 4 rings (SSSR count). The van der Waals surface area contributed by atoms with Crippen LogP contribution in [0, 0.1) is 5.92 Å². The van der Waals surface area contributed by atoms with Gasteiger partial charge in [-0.05, 0) is 30.9 Å². The highest BCUT2D eigenvalue weighted by atomic mass is 32.2. The van der Waals surface area contributed by atoms with Gasteiger partial charge in [-0.3, -0.25) is 4.98 Å². The van der Waals surface area contributed by atoms with Gasteiger partial charge >= 0.3 is 0 Å². The second-order valence-corrected chi connectivity index (χ2v) is 8.45. The SMILES string of the molecule is O=S1(=O)C=C[C@@H](Cc2nc(C3CCOCC3)nn2-c2cccnc2)C1. The molecule has 4 heterocycles. The predicted molar refractivity (Wildman–Crippen MR) is 92.1 cm³/mol. The number of ether oxygens (including phenoxy) is 1. The molecule has 0 unspecified atom stereocenters. The fourth-order valence-electron chi connectivity index (χ4n) is 3.31. The molecule has 2 aliphatic rings. The summed E-state index contributed by atoms with van der Waals surface area (Å²) < 4.78 is 30.6. The van der Waals surface area contributed by atoms with Gasteiger partial charge in [0.05, 0.1) is 17.6 Å². The van der Waals surface area contributed by atoms with E-state index < -0.39 is 9.84 Å². The first kappa shape index (κ1) is 16.4. The van der Waals surface area contributed by atoms with Gasteiger partial charge < -0.3 is 4.74 Å². The topological polar surface area (TPSA) is 87.0 Å². The van der Waals surface area contributed by atoms with Crippen molar-refractivity contribution in [3.05, 3.63) is 47.7 Å². The maximum atomic E-state index is 11.7. The number of pyridine rings is 1. The van der Waals surface area contributed by atoms with Gasteiger partial charge in [0.25, 0.3) is 0 Å². The zero-order valence-electron chi connectivity index (χ0n) is 13.8. The van der Waals surface area contributed by atoms with E-state index in [1.807, 2.05) is 12.1 Å². The Labute approximate surface area is 146 Å². The molecule has 0 bridgehead atoms. The third-order valence-electron chi connectivity index (χ3n) is 4.62. The predicted octanol–water partition coefficient (Wildman–Crippen LogP) is 1.66. The molecule has 8 heteroatoms. The quantitative estimate of drug-likeness (QED) is 0.824.